The summed E-state index contributed by atoms with van der Waals surface area (Å²) < 4.78 is 0. The molecule has 0 aromatic heterocycles. The summed E-state index contributed by atoms with van der Waals surface area (Å²) in [5.41, 5.74) is 9.51. The van der Waals surface area contributed by atoms with Gasteiger partial charge in [0.15, 0.2) is 0 Å². The van der Waals surface area contributed by atoms with Crippen LogP contribution in [-0.2, 0) is 0 Å². The first kappa shape index (κ1) is 33.0. The average molecular weight is 730 g/mol. The predicted molar refractivity (Wildman–Crippen MR) is 226 cm³/mol. The molecule has 1 nitrogen and oxygen atoms in total. The van der Waals surface area contributed by atoms with E-state index in [-0.39, 0.29) is 0 Å². The maximum absolute atomic E-state index is 2.72. The molecule has 0 spiro atoms. The molecule has 1 saturated carbocycles. The van der Waals surface area contributed by atoms with Crippen LogP contribution in [-0.4, -0.2) is 11.3 Å². The highest BCUT2D eigenvalue weighted by molar-refractivity contribution is 8.04. The van der Waals surface area contributed by atoms with E-state index in [1.165, 1.54) is 80.5 Å². The zero-order chi connectivity index (χ0) is 34.9. The van der Waals surface area contributed by atoms with Gasteiger partial charge in [0.05, 0.1) is 0 Å². The number of hydrogen-bond acceptors (Lipinski definition) is 3. The Morgan fingerprint density at radius 1 is 0.698 bits per heavy atom. The molecule has 0 radical (unpaired) electrons. The zero-order valence-corrected chi connectivity index (χ0v) is 32.4. The average Bonchev–Trinajstić information content (AvgIpc) is 3.56. The Bertz CT molecular complexity index is 2080. The number of allylic oxidation sites excluding steroid dienone is 9. The third kappa shape index (κ3) is 5.57. The van der Waals surface area contributed by atoms with Crippen LogP contribution in [0.15, 0.2) is 153 Å². The lowest BCUT2D eigenvalue weighted by atomic mass is 9.57. The van der Waals surface area contributed by atoms with Crippen LogP contribution in [0.2, 0.25) is 0 Å². The molecule has 3 aliphatic heterocycles. The van der Waals surface area contributed by atoms with Gasteiger partial charge in [0.2, 0.25) is 0 Å². The first-order valence-corrected chi connectivity index (χ1v) is 22.5. The van der Waals surface area contributed by atoms with E-state index >= 15 is 0 Å². The van der Waals surface area contributed by atoms with Crippen molar-refractivity contribution in [2.24, 2.45) is 35.5 Å². The van der Waals surface area contributed by atoms with Gasteiger partial charge in [-0.05, 0) is 146 Å². The Labute approximate surface area is 325 Å². The largest absolute Gasteiger partial charge is 0.338 e. The Morgan fingerprint density at radius 2 is 1.55 bits per heavy atom. The monoisotopic (exact) mass is 729 g/mol. The number of anilines is 2. The van der Waals surface area contributed by atoms with Crippen molar-refractivity contribution in [3.8, 4) is 0 Å². The maximum atomic E-state index is 2.72. The lowest BCUT2D eigenvalue weighted by Gasteiger charge is -2.53. The number of benzene rings is 3. The van der Waals surface area contributed by atoms with E-state index < -0.39 is 0 Å². The highest BCUT2D eigenvalue weighted by Gasteiger charge is 2.53. The summed E-state index contributed by atoms with van der Waals surface area (Å²) in [7, 11) is 0. The van der Waals surface area contributed by atoms with Crippen molar-refractivity contribution in [1.82, 2.24) is 0 Å². The molecule has 0 N–H and O–H groups in total. The molecule has 8 aliphatic rings. The normalized spacial score (nSPS) is 35.3. The summed E-state index contributed by atoms with van der Waals surface area (Å²) in [6, 6.07) is 30.8. The predicted octanol–water partition coefficient (Wildman–Crippen LogP) is 13.7. The maximum Gasteiger partial charge on any atom is 0.0449 e. The highest BCUT2D eigenvalue weighted by Crippen LogP contribution is 2.64. The van der Waals surface area contributed by atoms with Crippen molar-refractivity contribution in [3.63, 3.8) is 0 Å². The molecular formula is C50H51NS2. The Hall–Kier alpha value is -3.40. The van der Waals surface area contributed by atoms with Gasteiger partial charge in [0.25, 0.3) is 0 Å². The molecule has 0 amide bonds. The third-order valence-corrected chi connectivity index (χ3v) is 17.2. The quantitative estimate of drug-likeness (QED) is 0.246. The van der Waals surface area contributed by atoms with E-state index in [0.717, 1.165) is 11.8 Å². The van der Waals surface area contributed by atoms with Crippen molar-refractivity contribution in [2.75, 3.05) is 4.90 Å². The number of hydrogen-bond donors (Lipinski definition) is 0. The second-order valence-corrected chi connectivity index (χ2v) is 19.4. The Morgan fingerprint density at radius 3 is 2.45 bits per heavy atom. The van der Waals surface area contributed by atoms with Crippen LogP contribution in [0.1, 0.15) is 87.2 Å². The molecule has 2 fully saturated rings. The molecule has 0 bridgehead atoms. The molecule has 53 heavy (non-hydrogen) atoms. The van der Waals surface area contributed by atoms with Gasteiger partial charge in [-0.3, -0.25) is 0 Å². The SMILES string of the molecule is C1=CCC(C2C=CC3=C(C2)C(C2C4=CCCC=C4SC4C=CCC(C5CCC6C(C5)c5ccccc5N6c5ccccc5)C42)c2ccccc2S3)CC1. The molecule has 11 rings (SSSR count). The molecule has 5 aliphatic carbocycles. The molecule has 268 valence electrons. The van der Waals surface area contributed by atoms with Gasteiger partial charge in [0.1, 0.15) is 0 Å². The van der Waals surface area contributed by atoms with Gasteiger partial charge >= 0.3 is 0 Å². The first-order chi connectivity index (χ1) is 26.3. The van der Waals surface area contributed by atoms with Crippen molar-refractivity contribution in [1.29, 1.82) is 0 Å². The van der Waals surface area contributed by atoms with E-state index in [9.17, 15) is 0 Å². The van der Waals surface area contributed by atoms with Gasteiger partial charge in [0, 0.05) is 49.2 Å². The number of thioether (sulfide) groups is 2. The molecule has 10 atom stereocenters. The topological polar surface area (TPSA) is 3.24 Å². The minimum atomic E-state index is 0.460. The van der Waals surface area contributed by atoms with E-state index in [1.54, 1.807) is 32.1 Å². The van der Waals surface area contributed by atoms with Gasteiger partial charge in [-0.2, -0.15) is 0 Å². The summed E-state index contributed by atoms with van der Waals surface area (Å²) in [5.74, 6) is 5.11. The molecule has 3 aromatic carbocycles. The number of rotatable bonds is 4. The smallest absolute Gasteiger partial charge is 0.0449 e. The fourth-order valence-electron chi connectivity index (χ4n) is 12.4. The second kappa shape index (κ2) is 13.7. The summed E-state index contributed by atoms with van der Waals surface area (Å²) in [6.45, 7) is 0. The number of nitrogens with zero attached hydrogens (tertiary/aromatic N) is 1. The van der Waals surface area contributed by atoms with Crippen molar-refractivity contribution >= 4 is 34.9 Å². The molecule has 3 heteroatoms. The fourth-order valence-corrected chi connectivity index (χ4v) is 15.1. The standard InChI is InChI=1S/C50H51NS2/c1-3-14-32(15-4-1)33-27-29-46-41(30-33)48(38-19-8-11-23-44(38)52-46)50-39-20-9-12-24-45(39)53-47-25-13-21-36(49(47)50)34-26-28-43-40(31-34)37-18-7-10-22-42(37)51(43)35-16-5-2-6-17-35/h1-3,5-8,10-11,13,16-20,22-25,27,29,32-34,36,40,43,47-50H,4,9,12,14-15,21,26,28,30-31H2. The number of fused-ring (bicyclic) bond motifs is 6. The van der Waals surface area contributed by atoms with E-state index in [0.29, 0.717) is 46.8 Å². The summed E-state index contributed by atoms with van der Waals surface area (Å²) in [4.78, 5) is 7.39. The summed E-state index contributed by atoms with van der Waals surface area (Å²) >= 11 is 4.30. The molecule has 3 aromatic rings. The van der Waals surface area contributed by atoms with Gasteiger partial charge < -0.3 is 4.90 Å². The van der Waals surface area contributed by atoms with Crippen LogP contribution in [0.5, 0.6) is 0 Å². The lowest BCUT2D eigenvalue weighted by Crippen LogP contribution is -2.46. The minimum absolute atomic E-state index is 0.460. The van der Waals surface area contributed by atoms with Gasteiger partial charge in [-0.1, -0.05) is 115 Å². The van der Waals surface area contributed by atoms with Crippen LogP contribution in [0.3, 0.4) is 0 Å². The molecule has 10 unspecified atom stereocenters. The first-order valence-electron chi connectivity index (χ1n) is 20.8. The Kier molecular flexibility index (Phi) is 8.54. The molecule has 3 heterocycles. The van der Waals surface area contributed by atoms with Gasteiger partial charge in [-0.15, -0.1) is 11.8 Å². The highest BCUT2D eigenvalue weighted by atomic mass is 32.2. The van der Waals surface area contributed by atoms with Crippen LogP contribution in [0, 0.1) is 35.5 Å². The molecular weight excluding hydrogens is 679 g/mol. The van der Waals surface area contributed by atoms with E-state index in [2.05, 4.69) is 156 Å². The van der Waals surface area contributed by atoms with E-state index in [4.69, 9.17) is 0 Å². The van der Waals surface area contributed by atoms with Crippen LogP contribution in [0.4, 0.5) is 11.4 Å². The summed E-state index contributed by atoms with van der Waals surface area (Å²) in [6.07, 6.45) is 33.3. The van der Waals surface area contributed by atoms with Crippen molar-refractivity contribution in [3.05, 3.63) is 160 Å². The zero-order valence-electron chi connectivity index (χ0n) is 30.7. The minimum Gasteiger partial charge on any atom is -0.338 e. The third-order valence-electron chi connectivity index (χ3n) is 14.6. The van der Waals surface area contributed by atoms with Gasteiger partial charge in [-0.25, -0.2) is 0 Å². The van der Waals surface area contributed by atoms with Crippen LogP contribution in [0.25, 0.3) is 0 Å². The summed E-state index contributed by atoms with van der Waals surface area (Å²) in [5, 5.41) is 0.554. The van der Waals surface area contributed by atoms with E-state index in [1.807, 2.05) is 0 Å². The number of para-hydroxylation sites is 2. The lowest BCUT2D eigenvalue weighted by molar-refractivity contribution is 0.120. The van der Waals surface area contributed by atoms with Crippen molar-refractivity contribution in [2.45, 2.75) is 92.2 Å². The van der Waals surface area contributed by atoms with Crippen molar-refractivity contribution < 1.29 is 0 Å². The second-order valence-electron chi connectivity index (χ2n) is 17.1. The van der Waals surface area contributed by atoms with Crippen LogP contribution < -0.4 is 4.90 Å². The van der Waals surface area contributed by atoms with Crippen LogP contribution >= 0.6 is 23.5 Å². The Balaban J connectivity index is 0.990. The molecule has 1 saturated heterocycles. The fraction of sp³-hybridized carbons (Fsp3) is 0.400.